The fourth-order valence-electron chi connectivity index (χ4n) is 29.6. The van der Waals surface area contributed by atoms with Gasteiger partial charge in [0.2, 0.25) is 0 Å². The fraction of sp³-hybridized carbons (Fsp3) is 0.158. The van der Waals surface area contributed by atoms with Crippen LogP contribution in [0.4, 0.5) is 0 Å². The van der Waals surface area contributed by atoms with Gasteiger partial charge in [-0.05, 0) is 0 Å². The third-order valence-corrected chi connectivity index (χ3v) is 106. The predicted octanol–water partition coefficient (Wildman–Crippen LogP) is 11.2. The van der Waals surface area contributed by atoms with Gasteiger partial charge in [0.15, 0.2) is 0 Å². The van der Waals surface area contributed by atoms with Crippen LogP contribution in [0.1, 0.15) is 118 Å². The molecule has 0 nitrogen and oxygen atoms in total. The monoisotopic (exact) mass is 1250 g/mol. The summed E-state index contributed by atoms with van der Waals surface area (Å²) in [6.07, 6.45) is 23.8. The molecule has 0 bridgehead atoms. The quantitative estimate of drug-likeness (QED) is 0.133. The Bertz CT molecular complexity index is 3890. The molecule has 0 N–H and O–H groups in total. The minimum Gasteiger partial charge on any atom is -1.00 e. The van der Waals surface area contributed by atoms with Crippen LogP contribution >= 0.6 is 0 Å². The van der Waals surface area contributed by atoms with Crippen LogP contribution in [-0.2, 0) is 14.3 Å². The zero-order chi connectivity index (χ0) is 53.4. The molecule has 8 aliphatic carbocycles. The maximum absolute atomic E-state index is 9.15. The van der Waals surface area contributed by atoms with Crippen molar-refractivity contribution in [3.8, 4) is 0 Å². The fourth-order valence-corrected chi connectivity index (χ4v) is 168. The second kappa shape index (κ2) is 14.8. The molecule has 0 aromatic heterocycles. The first-order chi connectivity index (χ1) is 39.7. The first-order valence-corrected chi connectivity index (χ1v) is 51.4. The summed E-state index contributed by atoms with van der Waals surface area (Å²) >= 11 is -9.15. The maximum Gasteiger partial charge on any atom is -1.00 e. The van der Waals surface area contributed by atoms with Crippen molar-refractivity contribution < 1.29 is 39.1 Å². The van der Waals surface area contributed by atoms with Crippen LogP contribution < -0.4 is 24.8 Å². The summed E-state index contributed by atoms with van der Waals surface area (Å²) < 4.78 is 0.575. The van der Waals surface area contributed by atoms with Crippen LogP contribution in [-0.4, -0.2) is 35.2 Å². The van der Waals surface area contributed by atoms with Crippen molar-refractivity contribution in [3.63, 3.8) is 0 Å². The number of allylic oxidation sites excluding steroid dienone is 8. The molecule has 7 heteroatoms. The molecule has 0 amide bonds. The van der Waals surface area contributed by atoms with Crippen molar-refractivity contribution in [2.45, 2.75) is 55.2 Å². The Morgan fingerprint density at radius 1 is 0.205 bits per heavy atom. The topological polar surface area (TPSA) is 0 Å². The number of hydrogen-bond donors (Lipinski definition) is 0. The Kier molecular flexibility index (Phi) is 8.98. The standard InChI is InChI=1S/4C19H16Si.2ClH.Zr/c4*1-20(18-10-14-6-2-3-7-15(14)11-18)19-12-16-8-4-5-9-17(16)13-19;;;/h4*2-13,20H,1H3;2*1H;/q;;;;;;+2/p-2. The van der Waals surface area contributed by atoms with E-state index < -0.39 is 49.5 Å². The van der Waals surface area contributed by atoms with Crippen molar-refractivity contribution in [2.24, 2.45) is 0 Å². The molecular formula is C76H64Cl2Si4Zr. The first kappa shape index (κ1) is 50.3. The summed E-state index contributed by atoms with van der Waals surface area (Å²) in [6.45, 7) is 11.5. The van der Waals surface area contributed by atoms with Crippen molar-refractivity contribution in [2.75, 3.05) is 0 Å². The van der Waals surface area contributed by atoms with E-state index in [-0.39, 0.29) is 53.8 Å². The molecule has 8 aromatic rings. The number of halogens is 2. The minimum absolute atomic E-state index is 0. The second-order valence-electron chi connectivity index (χ2n) is 29.2. The van der Waals surface area contributed by atoms with Crippen molar-refractivity contribution in [1.29, 1.82) is 0 Å². The molecular weight excluding hydrogens is 1190 g/mol. The molecule has 4 fully saturated rings. The molecule has 8 unspecified atom stereocenters. The Labute approximate surface area is 498 Å². The number of hydrogen-bond acceptors (Lipinski definition) is 0. The predicted molar refractivity (Wildman–Crippen MR) is 349 cm³/mol. The Balaban J connectivity index is 0.00000263. The van der Waals surface area contributed by atoms with Crippen LogP contribution in [0, 0.1) is 0 Å². The van der Waals surface area contributed by atoms with Crippen LogP contribution in [0.5, 0.6) is 0 Å². The summed E-state index contributed by atoms with van der Waals surface area (Å²) in [4.78, 5) is 0. The van der Waals surface area contributed by atoms with Crippen LogP contribution in [0.3, 0.4) is 0 Å². The molecule has 402 valence electrons. The summed E-state index contributed by atoms with van der Waals surface area (Å²) in [5.41, 5.74) is 25.5. The third kappa shape index (κ3) is 4.02. The van der Waals surface area contributed by atoms with Gasteiger partial charge in [0.25, 0.3) is 0 Å². The third-order valence-electron chi connectivity index (χ3n) is 29.0. The van der Waals surface area contributed by atoms with Gasteiger partial charge in [-0.2, -0.15) is 0 Å². The number of rotatable bonds is 0. The van der Waals surface area contributed by atoms with Crippen LogP contribution in [0.25, 0.3) is 48.6 Å². The van der Waals surface area contributed by atoms with E-state index in [2.05, 4.69) is 269 Å². The van der Waals surface area contributed by atoms with Gasteiger partial charge in [-0.25, -0.2) is 0 Å². The number of benzene rings is 8. The van der Waals surface area contributed by atoms with E-state index in [1.54, 1.807) is 44.5 Å². The summed E-state index contributed by atoms with van der Waals surface area (Å²) in [5.74, 6) is 0. The maximum atomic E-state index is 2.98. The smallest absolute Gasteiger partial charge is 1.00 e. The molecule has 4 saturated heterocycles. The molecule has 4 aliphatic heterocycles. The minimum atomic E-state index is -9.15. The largest absolute Gasteiger partial charge is 1.00 e. The van der Waals surface area contributed by atoms with Crippen molar-refractivity contribution in [1.82, 2.24) is 0 Å². The Morgan fingerprint density at radius 3 is 0.458 bits per heavy atom. The molecule has 1 spiro atoms. The van der Waals surface area contributed by atoms with E-state index in [0.717, 1.165) is 0 Å². The molecule has 12 aliphatic rings. The zero-order valence-electron chi connectivity index (χ0n) is 47.3. The average Bonchev–Trinajstić information content (AvgIpc) is 1.35. The molecule has 4 heterocycles. The van der Waals surface area contributed by atoms with Crippen LogP contribution in [0.2, 0.25) is 26.2 Å². The summed E-state index contributed by atoms with van der Waals surface area (Å²) in [6, 6.07) is 83.2. The molecule has 8 atom stereocenters. The number of fused-ring (bicyclic) bond motifs is 24. The van der Waals surface area contributed by atoms with E-state index >= 15 is 0 Å². The average molecular weight is 1250 g/mol. The molecule has 0 radical (unpaired) electrons. The van der Waals surface area contributed by atoms with Crippen molar-refractivity contribution >= 4 is 83.8 Å². The normalized spacial score (nSPS) is 33.5. The van der Waals surface area contributed by atoms with E-state index in [4.69, 9.17) is 0 Å². The Morgan fingerprint density at radius 2 is 0.325 bits per heavy atom. The molecule has 20 rings (SSSR count). The van der Waals surface area contributed by atoms with E-state index in [0.29, 0.717) is 0 Å². The van der Waals surface area contributed by atoms with Gasteiger partial charge in [0.05, 0.1) is 0 Å². The van der Waals surface area contributed by atoms with Gasteiger partial charge in [-0.15, -0.1) is 0 Å². The summed E-state index contributed by atoms with van der Waals surface area (Å²) in [7, 11) is -8.40. The van der Waals surface area contributed by atoms with E-state index in [1.807, 2.05) is 41.6 Å². The van der Waals surface area contributed by atoms with Crippen LogP contribution in [0.15, 0.2) is 236 Å². The van der Waals surface area contributed by atoms with E-state index in [9.17, 15) is 0 Å². The second-order valence-corrected chi connectivity index (χ2v) is 74.6. The molecule has 8 aromatic carbocycles. The first-order valence-electron chi connectivity index (χ1n) is 30.8. The zero-order valence-corrected chi connectivity index (χ0v) is 55.9. The van der Waals surface area contributed by atoms with Gasteiger partial charge >= 0.3 is 478 Å². The van der Waals surface area contributed by atoms with Gasteiger partial charge in [0.1, 0.15) is 0 Å². The van der Waals surface area contributed by atoms with Gasteiger partial charge in [-0.3, -0.25) is 0 Å². The molecule has 0 saturated carbocycles. The van der Waals surface area contributed by atoms with Gasteiger partial charge in [0, 0.05) is 0 Å². The van der Waals surface area contributed by atoms with E-state index in [1.165, 1.54) is 44.5 Å². The molecule has 83 heavy (non-hydrogen) atoms. The van der Waals surface area contributed by atoms with Gasteiger partial charge < -0.3 is 24.8 Å². The van der Waals surface area contributed by atoms with Gasteiger partial charge in [-0.1, -0.05) is 0 Å². The SMILES string of the molecule is C[SiH]1C2=Cc3ccccc3[CH]2[Zr+2]234([CH]5C1=Cc1ccccc15)([CH]1C(=Cc5ccccc51)[SiH](C)C1=Cc5ccccc5[CH]12)([CH]1C(=Cc2ccccc21)[SiH](C)C1=Cc2ccccc2[CH]13)[CH]1C(=Cc2ccccc21)[SiH](C)C1=Cc2ccccc2[CH]14.[Cl-].[Cl-]. The summed E-state index contributed by atoms with van der Waals surface area (Å²) in [5, 5.41) is 14.9. The Hall–Kier alpha value is -5.99. The van der Waals surface area contributed by atoms with Crippen molar-refractivity contribution in [3.05, 3.63) is 325 Å².